The summed E-state index contributed by atoms with van der Waals surface area (Å²) in [5, 5.41) is 15.2. The van der Waals surface area contributed by atoms with Crippen LogP contribution in [0.25, 0.3) is 0 Å². The van der Waals surface area contributed by atoms with E-state index in [0.29, 0.717) is 32.2 Å². The first kappa shape index (κ1) is 32.2. The Kier molecular flexibility index (Phi) is 16.4. The van der Waals surface area contributed by atoms with Gasteiger partial charge in [0.2, 0.25) is 11.8 Å². The number of aliphatic imine (C=N–C) groups is 1. The number of guanidine groups is 1. The second kappa shape index (κ2) is 19.3. The van der Waals surface area contributed by atoms with Gasteiger partial charge in [-0.15, -0.1) is 0 Å². The average Bonchev–Trinajstić information content (AvgIpc) is 2.88. The van der Waals surface area contributed by atoms with Gasteiger partial charge in [-0.25, -0.2) is 4.79 Å². The second-order valence-corrected chi connectivity index (χ2v) is 8.84. The number of nitrogens with two attached hydrogens (primary N) is 2. The number of ether oxygens (including phenoxy) is 1. The van der Waals surface area contributed by atoms with Crippen molar-refractivity contribution in [3.8, 4) is 5.75 Å². The van der Waals surface area contributed by atoms with Crippen LogP contribution in [-0.2, 0) is 25.5 Å². The van der Waals surface area contributed by atoms with Crippen molar-refractivity contribution in [2.24, 2.45) is 16.5 Å². The lowest BCUT2D eigenvalue weighted by molar-refractivity contribution is -0.137. The van der Waals surface area contributed by atoms with Crippen LogP contribution in [0, 0.1) is 0 Å². The summed E-state index contributed by atoms with van der Waals surface area (Å²) < 4.78 is 4.94. The predicted octanol–water partition coefficient (Wildman–Crippen LogP) is 2.60. The Bertz CT molecular complexity index is 939. The molecule has 0 fully saturated rings. The van der Waals surface area contributed by atoms with E-state index < -0.39 is 18.1 Å². The number of hydrogen-bond donors (Lipinski definition) is 5. The van der Waals surface area contributed by atoms with Crippen LogP contribution in [0.3, 0.4) is 0 Å². The molecule has 1 aromatic carbocycles. The van der Waals surface area contributed by atoms with Gasteiger partial charge in [0, 0.05) is 18.7 Å². The van der Waals surface area contributed by atoms with Crippen LogP contribution >= 0.6 is 0 Å². The molecule has 2 atom stereocenters. The van der Waals surface area contributed by atoms with Crippen LogP contribution < -0.4 is 22.1 Å². The van der Waals surface area contributed by atoms with E-state index >= 15 is 0 Å². The molecule has 1 aromatic rings. The fraction of sp³-hybridized carbons (Fsp3) is 0.500. The average molecular weight is 530 g/mol. The van der Waals surface area contributed by atoms with Crippen molar-refractivity contribution < 1.29 is 24.2 Å². The smallest absolute Gasteiger partial charge is 0.330 e. The molecule has 0 radical (unpaired) electrons. The van der Waals surface area contributed by atoms with Crippen LogP contribution in [0.5, 0.6) is 5.75 Å². The lowest BCUT2D eigenvalue weighted by Gasteiger charge is -2.21. The third-order valence-corrected chi connectivity index (χ3v) is 5.58. The Hall–Kier alpha value is -3.82. The molecule has 0 aliphatic rings. The maximum Gasteiger partial charge on any atom is 0.330 e. The molecule has 0 unspecified atom stereocenters. The van der Waals surface area contributed by atoms with E-state index in [-0.39, 0.29) is 30.1 Å². The van der Waals surface area contributed by atoms with E-state index in [1.165, 1.54) is 12.2 Å². The summed E-state index contributed by atoms with van der Waals surface area (Å²) in [5.41, 5.74) is 11.7. The standard InChI is InChI=1S/C28H43N5O5/c1-3-5-6-7-8-11-25(35)33-24(18-14-21-12-16-23(34)17-13-21)27(37)32-22(10-9-20-31-28(29)30)15-19-26(36)38-4-2/h8,11-13,15-17,19,22,24,34H,3-7,9-10,14,18,20H2,1-2H3,(H,32,37)(H,33,35)(H4,29,30,31)/b11-8+,19-15+/t22-,24-/m0/s1. The minimum Gasteiger partial charge on any atom is -0.508 e. The zero-order valence-corrected chi connectivity index (χ0v) is 22.5. The van der Waals surface area contributed by atoms with Crippen LogP contribution in [0.15, 0.2) is 53.6 Å². The van der Waals surface area contributed by atoms with Gasteiger partial charge in [0.15, 0.2) is 5.96 Å². The van der Waals surface area contributed by atoms with Gasteiger partial charge in [-0.3, -0.25) is 14.6 Å². The largest absolute Gasteiger partial charge is 0.508 e. The molecule has 10 heteroatoms. The highest BCUT2D eigenvalue weighted by molar-refractivity contribution is 5.93. The number of carbonyl (C=O) groups excluding carboxylic acids is 3. The summed E-state index contributed by atoms with van der Waals surface area (Å²) >= 11 is 0. The number of amides is 2. The van der Waals surface area contributed by atoms with Crippen molar-refractivity contribution in [1.82, 2.24) is 10.6 Å². The molecule has 0 aromatic heterocycles. The van der Waals surface area contributed by atoms with Crippen LogP contribution in [-0.4, -0.2) is 54.1 Å². The Morgan fingerprint density at radius 3 is 2.42 bits per heavy atom. The molecule has 10 nitrogen and oxygen atoms in total. The summed E-state index contributed by atoms with van der Waals surface area (Å²) in [6.45, 7) is 4.43. The zero-order valence-electron chi connectivity index (χ0n) is 22.5. The molecule has 0 saturated carbocycles. The van der Waals surface area contributed by atoms with Crippen molar-refractivity contribution >= 4 is 23.7 Å². The molecule has 0 saturated heterocycles. The normalized spacial score (nSPS) is 12.7. The van der Waals surface area contributed by atoms with Gasteiger partial charge in [0.1, 0.15) is 11.8 Å². The number of nitrogens with one attached hydrogen (secondary N) is 2. The van der Waals surface area contributed by atoms with E-state index in [0.717, 1.165) is 31.2 Å². The van der Waals surface area contributed by atoms with Crippen LogP contribution in [0.2, 0.25) is 0 Å². The molecule has 2 amide bonds. The summed E-state index contributed by atoms with van der Waals surface area (Å²) in [4.78, 5) is 41.6. The number of aryl methyl sites for hydroxylation is 1. The molecule has 0 aliphatic heterocycles. The lowest BCUT2D eigenvalue weighted by Crippen LogP contribution is -2.49. The molecule has 0 aliphatic carbocycles. The summed E-state index contributed by atoms with van der Waals surface area (Å²) in [6, 6.07) is 5.39. The van der Waals surface area contributed by atoms with Gasteiger partial charge in [0.05, 0.1) is 6.61 Å². The number of hydrogen-bond acceptors (Lipinski definition) is 6. The number of rotatable bonds is 18. The highest BCUT2D eigenvalue weighted by atomic mass is 16.5. The molecule has 7 N–H and O–H groups in total. The zero-order chi connectivity index (χ0) is 28.2. The first-order valence-electron chi connectivity index (χ1n) is 13.2. The van der Waals surface area contributed by atoms with Gasteiger partial charge in [-0.1, -0.05) is 44.1 Å². The SMILES string of the molecule is CCCCC/C=C/C(=O)N[C@@H](CCc1ccc(O)cc1)C(=O)N[C@H](/C=C/C(=O)OCC)CCCN=C(N)N. The quantitative estimate of drug-likeness (QED) is 0.0640. The number of nitrogens with zero attached hydrogens (tertiary/aromatic N) is 1. The Morgan fingerprint density at radius 1 is 1.03 bits per heavy atom. The fourth-order valence-corrected chi connectivity index (χ4v) is 3.57. The Morgan fingerprint density at radius 2 is 1.76 bits per heavy atom. The number of allylic oxidation sites excluding steroid dienone is 1. The van der Waals surface area contributed by atoms with Crippen molar-refractivity contribution in [3.63, 3.8) is 0 Å². The molecule has 0 bridgehead atoms. The van der Waals surface area contributed by atoms with Crippen molar-refractivity contribution in [3.05, 3.63) is 54.1 Å². The molecule has 0 spiro atoms. The third-order valence-electron chi connectivity index (χ3n) is 5.58. The molecular formula is C28H43N5O5. The first-order valence-corrected chi connectivity index (χ1v) is 13.2. The van der Waals surface area contributed by atoms with Gasteiger partial charge in [-0.05, 0) is 69.2 Å². The molecule has 1 rings (SSSR count). The van der Waals surface area contributed by atoms with E-state index in [1.54, 1.807) is 37.3 Å². The van der Waals surface area contributed by atoms with E-state index in [4.69, 9.17) is 16.2 Å². The maximum absolute atomic E-state index is 13.3. The van der Waals surface area contributed by atoms with Crippen LogP contribution in [0.1, 0.15) is 64.4 Å². The predicted molar refractivity (Wildman–Crippen MR) is 149 cm³/mol. The van der Waals surface area contributed by atoms with Crippen molar-refractivity contribution in [2.45, 2.75) is 77.3 Å². The summed E-state index contributed by atoms with van der Waals surface area (Å²) in [7, 11) is 0. The Labute approximate surface area is 225 Å². The van der Waals surface area contributed by atoms with Gasteiger partial charge in [-0.2, -0.15) is 0 Å². The number of aromatic hydroxyl groups is 1. The lowest BCUT2D eigenvalue weighted by atomic mass is 10.0. The van der Waals surface area contributed by atoms with Crippen LogP contribution in [0.4, 0.5) is 0 Å². The highest BCUT2D eigenvalue weighted by Gasteiger charge is 2.22. The Balaban J connectivity index is 2.95. The number of carbonyl (C=O) groups is 3. The summed E-state index contributed by atoms with van der Waals surface area (Å²) in [5.74, 6) is -1.11. The fourth-order valence-electron chi connectivity index (χ4n) is 3.57. The molecule has 210 valence electrons. The van der Waals surface area contributed by atoms with Gasteiger partial charge in [0.25, 0.3) is 0 Å². The maximum atomic E-state index is 13.3. The number of phenols is 1. The minimum absolute atomic E-state index is 0.0209. The van der Waals surface area contributed by atoms with E-state index in [9.17, 15) is 19.5 Å². The topological polar surface area (TPSA) is 169 Å². The molecule has 0 heterocycles. The monoisotopic (exact) mass is 529 g/mol. The molecule has 38 heavy (non-hydrogen) atoms. The van der Waals surface area contributed by atoms with E-state index in [2.05, 4.69) is 22.5 Å². The minimum atomic E-state index is -0.812. The van der Waals surface area contributed by atoms with Gasteiger partial charge < -0.3 is 31.9 Å². The number of esters is 1. The van der Waals surface area contributed by atoms with Crippen molar-refractivity contribution in [2.75, 3.05) is 13.2 Å². The number of unbranched alkanes of at least 4 members (excludes halogenated alkanes) is 3. The van der Waals surface area contributed by atoms with Gasteiger partial charge >= 0.3 is 5.97 Å². The second-order valence-electron chi connectivity index (χ2n) is 8.84. The van der Waals surface area contributed by atoms with E-state index in [1.807, 2.05) is 6.08 Å². The highest BCUT2D eigenvalue weighted by Crippen LogP contribution is 2.13. The summed E-state index contributed by atoms with van der Waals surface area (Å²) in [6.07, 6.45) is 12.0. The third kappa shape index (κ3) is 15.3. The van der Waals surface area contributed by atoms with Crippen molar-refractivity contribution in [1.29, 1.82) is 0 Å². The first-order chi connectivity index (χ1) is 18.2. The number of phenolic OH excluding ortho intramolecular Hbond substituents is 1. The number of benzene rings is 1. The molecular weight excluding hydrogens is 486 g/mol.